The number of carbonyl (C=O) groups is 1. The largest absolute Gasteiger partial charge is 0.481 e. The van der Waals surface area contributed by atoms with Crippen LogP contribution < -0.4 is 0 Å². The third-order valence-electron chi connectivity index (χ3n) is 3.69. The number of carboxylic acids is 1. The molecule has 2 fully saturated rings. The van der Waals surface area contributed by atoms with E-state index in [4.69, 9.17) is 9.84 Å². The van der Waals surface area contributed by atoms with Gasteiger partial charge in [0.2, 0.25) is 0 Å². The first kappa shape index (κ1) is 10.9. The number of hydrogen-bond acceptors (Lipinski definition) is 3. The first-order chi connectivity index (χ1) is 7.18. The zero-order chi connectivity index (χ0) is 10.8. The Bertz CT molecular complexity index is 232. The molecule has 0 radical (unpaired) electrons. The van der Waals surface area contributed by atoms with Crippen molar-refractivity contribution in [3.8, 4) is 0 Å². The second-order valence-electron chi connectivity index (χ2n) is 4.71. The highest BCUT2D eigenvalue weighted by Gasteiger charge is 2.38. The van der Waals surface area contributed by atoms with Crippen LogP contribution in [0.2, 0.25) is 0 Å². The van der Waals surface area contributed by atoms with Crippen LogP contribution >= 0.6 is 0 Å². The topological polar surface area (TPSA) is 49.8 Å². The van der Waals surface area contributed by atoms with E-state index in [9.17, 15) is 4.79 Å². The SMILES string of the molecule is CC(C(=O)O)C1CN(C2CCCOC2)C1. The molecule has 0 saturated carbocycles. The van der Waals surface area contributed by atoms with E-state index in [1.165, 1.54) is 6.42 Å². The molecule has 0 spiro atoms. The van der Waals surface area contributed by atoms with Gasteiger partial charge in [0, 0.05) is 25.7 Å². The molecule has 4 heteroatoms. The van der Waals surface area contributed by atoms with Crippen molar-refractivity contribution >= 4 is 5.97 Å². The molecule has 2 aliphatic heterocycles. The van der Waals surface area contributed by atoms with E-state index in [1.807, 2.05) is 6.92 Å². The lowest BCUT2D eigenvalue weighted by Gasteiger charge is -2.46. The highest BCUT2D eigenvalue weighted by atomic mass is 16.5. The molecule has 0 aromatic heterocycles. The standard InChI is InChI=1S/C11H19NO3/c1-8(11(13)14)9-5-12(6-9)10-3-2-4-15-7-10/h8-10H,2-7H2,1H3,(H,13,14). The molecule has 0 aromatic carbocycles. The summed E-state index contributed by atoms with van der Waals surface area (Å²) in [6.45, 7) is 5.39. The van der Waals surface area contributed by atoms with Gasteiger partial charge in [-0.2, -0.15) is 0 Å². The van der Waals surface area contributed by atoms with E-state index in [-0.39, 0.29) is 5.92 Å². The van der Waals surface area contributed by atoms with Crippen molar-refractivity contribution in [3.63, 3.8) is 0 Å². The van der Waals surface area contributed by atoms with Crippen LogP contribution in [0.25, 0.3) is 0 Å². The van der Waals surface area contributed by atoms with E-state index < -0.39 is 5.97 Å². The third kappa shape index (κ3) is 2.32. The Hall–Kier alpha value is -0.610. The number of hydrogen-bond donors (Lipinski definition) is 1. The molecule has 2 atom stereocenters. The summed E-state index contributed by atoms with van der Waals surface area (Å²) < 4.78 is 5.42. The molecule has 1 N–H and O–H groups in total. The second kappa shape index (κ2) is 4.49. The lowest BCUT2D eigenvalue weighted by atomic mass is 9.85. The summed E-state index contributed by atoms with van der Waals surface area (Å²) in [4.78, 5) is 13.1. The van der Waals surface area contributed by atoms with Gasteiger partial charge in [-0.15, -0.1) is 0 Å². The quantitative estimate of drug-likeness (QED) is 0.754. The molecule has 2 rings (SSSR count). The van der Waals surface area contributed by atoms with Gasteiger partial charge in [0.25, 0.3) is 0 Å². The average molecular weight is 213 g/mol. The Labute approximate surface area is 90.2 Å². The lowest BCUT2D eigenvalue weighted by molar-refractivity contribution is -0.146. The Morgan fingerprint density at radius 1 is 1.53 bits per heavy atom. The second-order valence-corrected chi connectivity index (χ2v) is 4.71. The number of aliphatic carboxylic acids is 1. The molecule has 2 saturated heterocycles. The van der Waals surface area contributed by atoms with Crippen LogP contribution in [0.1, 0.15) is 19.8 Å². The predicted octanol–water partition coefficient (Wildman–Crippen LogP) is 0.818. The maximum absolute atomic E-state index is 10.8. The molecular formula is C11H19NO3. The Morgan fingerprint density at radius 2 is 2.27 bits per heavy atom. The molecule has 0 aromatic rings. The van der Waals surface area contributed by atoms with Crippen molar-refractivity contribution in [1.82, 2.24) is 4.90 Å². The maximum atomic E-state index is 10.8. The van der Waals surface area contributed by atoms with Crippen LogP contribution in [0.4, 0.5) is 0 Å². The predicted molar refractivity (Wildman–Crippen MR) is 55.7 cm³/mol. The number of ether oxygens (including phenoxy) is 1. The first-order valence-corrected chi connectivity index (χ1v) is 5.73. The van der Waals surface area contributed by atoms with Gasteiger partial charge in [-0.3, -0.25) is 9.69 Å². The van der Waals surface area contributed by atoms with Crippen LogP contribution in [-0.2, 0) is 9.53 Å². The Kier molecular flexibility index (Phi) is 3.26. The Balaban J connectivity index is 1.75. The molecule has 86 valence electrons. The number of rotatable bonds is 3. The van der Waals surface area contributed by atoms with Crippen LogP contribution in [0, 0.1) is 11.8 Å². The molecule has 0 bridgehead atoms. The highest BCUT2D eigenvalue weighted by Crippen LogP contribution is 2.28. The molecule has 2 aliphatic rings. The van der Waals surface area contributed by atoms with Crippen molar-refractivity contribution in [2.75, 3.05) is 26.3 Å². The molecule has 0 aliphatic carbocycles. The molecule has 4 nitrogen and oxygen atoms in total. The van der Waals surface area contributed by atoms with Gasteiger partial charge >= 0.3 is 5.97 Å². The van der Waals surface area contributed by atoms with Gasteiger partial charge < -0.3 is 9.84 Å². The van der Waals surface area contributed by atoms with Crippen LogP contribution in [0.5, 0.6) is 0 Å². The van der Waals surface area contributed by atoms with Crippen LogP contribution in [0.3, 0.4) is 0 Å². The van der Waals surface area contributed by atoms with Crippen LogP contribution in [0.15, 0.2) is 0 Å². The third-order valence-corrected chi connectivity index (χ3v) is 3.69. The van der Waals surface area contributed by atoms with Crippen molar-refractivity contribution in [3.05, 3.63) is 0 Å². The normalized spacial score (nSPS) is 30.9. The summed E-state index contributed by atoms with van der Waals surface area (Å²) in [6.07, 6.45) is 2.34. The van der Waals surface area contributed by atoms with Crippen molar-refractivity contribution < 1.29 is 14.6 Å². The van der Waals surface area contributed by atoms with Crippen molar-refractivity contribution in [2.24, 2.45) is 11.8 Å². The summed E-state index contributed by atoms with van der Waals surface area (Å²) in [6, 6.07) is 0.538. The Morgan fingerprint density at radius 3 is 2.80 bits per heavy atom. The monoisotopic (exact) mass is 213 g/mol. The van der Waals surface area contributed by atoms with E-state index >= 15 is 0 Å². The van der Waals surface area contributed by atoms with E-state index in [0.29, 0.717) is 12.0 Å². The summed E-state index contributed by atoms with van der Waals surface area (Å²) in [5.74, 6) is -0.533. The molecule has 2 heterocycles. The number of likely N-dealkylation sites (tertiary alicyclic amines) is 1. The van der Waals surface area contributed by atoms with Crippen molar-refractivity contribution in [1.29, 1.82) is 0 Å². The molecule has 2 unspecified atom stereocenters. The highest BCUT2D eigenvalue weighted by molar-refractivity contribution is 5.70. The lowest BCUT2D eigenvalue weighted by Crippen LogP contribution is -2.57. The van der Waals surface area contributed by atoms with E-state index in [1.54, 1.807) is 0 Å². The van der Waals surface area contributed by atoms with E-state index in [2.05, 4.69) is 4.90 Å². The minimum Gasteiger partial charge on any atom is -0.481 e. The minimum atomic E-state index is -0.667. The summed E-state index contributed by atoms with van der Waals surface area (Å²) in [7, 11) is 0. The number of carboxylic acid groups (broad SMARTS) is 1. The summed E-state index contributed by atoms with van der Waals surface area (Å²) >= 11 is 0. The van der Waals surface area contributed by atoms with Gasteiger partial charge in [0.1, 0.15) is 0 Å². The van der Waals surface area contributed by atoms with Gasteiger partial charge in [0.05, 0.1) is 12.5 Å². The zero-order valence-electron chi connectivity index (χ0n) is 9.19. The smallest absolute Gasteiger partial charge is 0.306 e. The average Bonchev–Trinajstić information content (AvgIpc) is 2.17. The van der Waals surface area contributed by atoms with Gasteiger partial charge in [-0.05, 0) is 18.8 Å². The fourth-order valence-electron chi connectivity index (χ4n) is 2.38. The summed E-state index contributed by atoms with van der Waals surface area (Å²) in [5.41, 5.74) is 0. The molecule has 15 heavy (non-hydrogen) atoms. The molecule has 0 amide bonds. The maximum Gasteiger partial charge on any atom is 0.306 e. The number of nitrogens with zero attached hydrogens (tertiary/aromatic N) is 1. The zero-order valence-corrected chi connectivity index (χ0v) is 9.19. The van der Waals surface area contributed by atoms with Crippen molar-refractivity contribution in [2.45, 2.75) is 25.8 Å². The fraction of sp³-hybridized carbons (Fsp3) is 0.909. The van der Waals surface area contributed by atoms with E-state index in [0.717, 1.165) is 32.7 Å². The van der Waals surface area contributed by atoms with Gasteiger partial charge in [-0.25, -0.2) is 0 Å². The van der Waals surface area contributed by atoms with Crippen LogP contribution in [-0.4, -0.2) is 48.3 Å². The first-order valence-electron chi connectivity index (χ1n) is 5.73. The summed E-state index contributed by atoms with van der Waals surface area (Å²) in [5, 5.41) is 8.87. The van der Waals surface area contributed by atoms with Gasteiger partial charge in [0.15, 0.2) is 0 Å². The molecular weight excluding hydrogens is 194 g/mol. The fourth-order valence-corrected chi connectivity index (χ4v) is 2.38. The minimum absolute atomic E-state index is 0.203. The van der Waals surface area contributed by atoms with Gasteiger partial charge in [-0.1, -0.05) is 6.92 Å².